The van der Waals surface area contributed by atoms with E-state index in [9.17, 15) is 3.89 Å². The molecule has 0 radical (unpaired) electrons. The molecular formula is C8H5BrFNS. The third-order valence-corrected chi connectivity index (χ3v) is 2.65. The molecule has 0 unspecified atom stereocenters. The molecule has 0 aliphatic rings. The van der Waals surface area contributed by atoms with E-state index in [0.29, 0.717) is 0 Å². The maximum Gasteiger partial charge on any atom is 0.169 e. The van der Waals surface area contributed by atoms with Crippen molar-refractivity contribution in [1.29, 1.82) is 0 Å². The van der Waals surface area contributed by atoms with Gasteiger partial charge in [-0.2, -0.15) is 0 Å². The van der Waals surface area contributed by atoms with Crippen LogP contribution in [-0.2, 0) is 0 Å². The van der Waals surface area contributed by atoms with Crippen LogP contribution in [0.2, 0.25) is 0 Å². The summed E-state index contributed by atoms with van der Waals surface area (Å²) in [6, 6.07) is 7.66. The fourth-order valence-corrected chi connectivity index (χ4v) is 1.83. The molecule has 1 aromatic heterocycles. The first-order valence-corrected chi connectivity index (χ1v) is 4.83. The van der Waals surface area contributed by atoms with Gasteiger partial charge >= 0.3 is 0 Å². The summed E-state index contributed by atoms with van der Waals surface area (Å²) in [5.74, 6) is 0. The fourth-order valence-electron chi connectivity index (χ4n) is 1.14. The molecule has 12 heavy (non-hydrogen) atoms. The Hall–Kier alpha value is -0.480. The minimum Gasteiger partial charge on any atom is -0.264 e. The fraction of sp³-hybridized carbons (Fsp3) is 0. The van der Waals surface area contributed by atoms with Crippen LogP contribution in [0.15, 0.2) is 34.9 Å². The molecule has 62 valence electrons. The first kappa shape index (κ1) is 8.13. The summed E-state index contributed by atoms with van der Waals surface area (Å²) < 4.78 is 14.7. The average molecular weight is 246 g/mol. The normalized spacial score (nSPS) is 10.8. The molecular weight excluding hydrogens is 241 g/mol. The van der Waals surface area contributed by atoms with E-state index >= 15 is 0 Å². The monoisotopic (exact) mass is 245 g/mol. The van der Waals surface area contributed by atoms with Gasteiger partial charge in [-0.1, -0.05) is 22.0 Å². The summed E-state index contributed by atoms with van der Waals surface area (Å²) in [5, 5.41) is 1.04. The first-order valence-electron chi connectivity index (χ1n) is 3.37. The largest absolute Gasteiger partial charge is 0.264 e. The Bertz CT molecular complexity index is 412. The van der Waals surface area contributed by atoms with Gasteiger partial charge in [0.15, 0.2) is 12.3 Å². The van der Waals surface area contributed by atoms with E-state index in [-0.39, 0.29) is 12.3 Å². The van der Waals surface area contributed by atoms with Crippen LogP contribution in [0.5, 0.6) is 0 Å². The maximum absolute atomic E-state index is 12.3. The van der Waals surface area contributed by atoms with Crippen LogP contribution in [0.1, 0.15) is 0 Å². The van der Waals surface area contributed by atoms with Gasteiger partial charge in [0.25, 0.3) is 0 Å². The Morgan fingerprint density at radius 3 is 2.92 bits per heavy atom. The number of fused-ring (bicyclic) bond motifs is 1. The lowest BCUT2D eigenvalue weighted by molar-refractivity contribution is 0.921. The summed E-state index contributed by atoms with van der Waals surface area (Å²) in [6.45, 7) is 0. The van der Waals surface area contributed by atoms with E-state index in [1.165, 1.54) is 3.97 Å². The quantitative estimate of drug-likeness (QED) is 0.741. The number of hydrogen-bond donors (Lipinski definition) is 0. The Labute approximate surface area is 82.1 Å². The van der Waals surface area contributed by atoms with Gasteiger partial charge in [-0.15, -0.1) is 3.89 Å². The zero-order chi connectivity index (χ0) is 8.55. The molecule has 0 saturated carbocycles. The standard InChI is InChI=1S/C8H5BrFNS/c9-7-2-1-6-3-4-11(12-10)8(6)5-7/h1-5H. The Morgan fingerprint density at radius 1 is 1.33 bits per heavy atom. The summed E-state index contributed by atoms with van der Waals surface area (Å²) in [7, 11) is 0. The van der Waals surface area contributed by atoms with Crippen molar-refractivity contribution in [3.8, 4) is 0 Å². The van der Waals surface area contributed by atoms with Crippen molar-refractivity contribution in [2.24, 2.45) is 0 Å². The maximum atomic E-state index is 12.3. The van der Waals surface area contributed by atoms with Gasteiger partial charge in [0.05, 0.1) is 5.52 Å². The molecule has 1 aromatic carbocycles. The molecule has 0 atom stereocenters. The van der Waals surface area contributed by atoms with Crippen molar-refractivity contribution in [3.63, 3.8) is 0 Å². The van der Waals surface area contributed by atoms with Crippen molar-refractivity contribution in [2.45, 2.75) is 0 Å². The second kappa shape index (κ2) is 3.11. The smallest absolute Gasteiger partial charge is 0.169 e. The molecule has 0 spiro atoms. The van der Waals surface area contributed by atoms with Crippen molar-refractivity contribution < 1.29 is 3.89 Å². The van der Waals surface area contributed by atoms with Crippen LogP contribution >= 0.6 is 28.3 Å². The second-order valence-electron chi connectivity index (χ2n) is 2.41. The van der Waals surface area contributed by atoms with Crippen molar-refractivity contribution in [3.05, 3.63) is 34.9 Å². The molecule has 2 rings (SSSR count). The number of nitrogens with zero attached hydrogens (tertiary/aromatic N) is 1. The minimum atomic E-state index is 0.209. The Kier molecular flexibility index (Phi) is 2.11. The molecule has 0 saturated heterocycles. The van der Waals surface area contributed by atoms with Gasteiger partial charge in [0.2, 0.25) is 0 Å². The lowest BCUT2D eigenvalue weighted by atomic mass is 10.3. The van der Waals surface area contributed by atoms with Crippen LogP contribution < -0.4 is 0 Å². The first-order chi connectivity index (χ1) is 5.81. The molecule has 0 aliphatic heterocycles. The lowest BCUT2D eigenvalue weighted by Crippen LogP contribution is -1.78. The lowest BCUT2D eigenvalue weighted by Gasteiger charge is -1.96. The van der Waals surface area contributed by atoms with E-state index in [1.54, 1.807) is 6.20 Å². The van der Waals surface area contributed by atoms with Crippen molar-refractivity contribution in [1.82, 2.24) is 3.97 Å². The van der Waals surface area contributed by atoms with Gasteiger partial charge in [0.1, 0.15) is 0 Å². The third-order valence-electron chi connectivity index (χ3n) is 1.69. The Morgan fingerprint density at radius 2 is 2.17 bits per heavy atom. The molecule has 0 amide bonds. The highest BCUT2D eigenvalue weighted by Crippen LogP contribution is 2.24. The number of halogens is 2. The average Bonchev–Trinajstić information content (AvgIpc) is 2.46. The molecule has 4 heteroatoms. The zero-order valence-corrected chi connectivity index (χ0v) is 8.40. The number of aromatic nitrogens is 1. The molecule has 2 aromatic rings. The van der Waals surface area contributed by atoms with Crippen molar-refractivity contribution in [2.75, 3.05) is 0 Å². The van der Waals surface area contributed by atoms with Crippen LogP contribution in [0, 0.1) is 0 Å². The molecule has 0 fully saturated rings. The predicted molar refractivity (Wildman–Crippen MR) is 53.7 cm³/mol. The highest BCUT2D eigenvalue weighted by molar-refractivity contribution is 9.10. The van der Waals surface area contributed by atoms with Crippen LogP contribution in [0.25, 0.3) is 10.9 Å². The van der Waals surface area contributed by atoms with E-state index < -0.39 is 0 Å². The molecule has 1 heterocycles. The zero-order valence-electron chi connectivity index (χ0n) is 6.00. The third kappa shape index (κ3) is 1.25. The summed E-state index contributed by atoms with van der Waals surface area (Å²) in [4.78, 5) is 0. The molecule has 0 aliphatic carbocycles. The highest BCUT2D eigenvalue weighted by Gasteiger charge is 2.00. The van der Waals surface area contributed by atoms with E-state index in [0.717, 1.165) is 15.4 Å². The summed E-state index contributed by atoms with van der Waals surface area (Å²) in [6.07, 6.45) is 1.71. The van der Waals surface area contributed by atoms with Gasteiger partial charge in [-0.3, -0.25) is 3.97 Å². The van der Waals surface area contributed by atoms with E-state index in [1.807, 2.05) is 24.3 Å². The molecule has 0 N–H and O–H groups in total. The second-order valence-corrected chi connectivity index (χ2v) is 3.86. The van der Waals surface area contributed by atoms with Gasteiger partial charge in [-0.25, -0.2) is 0 Å². The topological polar surface area (TPSA) is 4.93 Å². The Balaban J connectivity index is 2.75. The molecule has 0 bridgehead atoms. The van der Waals surface area contributed by atoms with E-state index in [4.69, 9.17) is 0 Å². The van der Waals surface area contributed by atoms with Gasteiger partial charge in [-0.05, 0) is 18.2 Å². The van der Waals surface area contributed by atoms with Gasteiger partial charge in [0, 0.05) is 16.1 Å². The summed E-state index contributed by atoms with van der Waals surface area (Å²) >= 11 is 3.54. The highest BCUT2D eigenvalue weighted by atomic mass is 79.9. The van der Waals surface area contributed by atoms with Gasteiger partial charge < -0.3 is 0 Å². The minimum absolute atomic E-state index is 0.209. The number of hydrogen-bond acceptors (Lipinski definition) is 1. The predicted octanol–water partition coefficient (Wildman–Crippen LogP) is 3.78. The SMILES string of the molecule is FSn1ccc2ccc(Br)cc21. The van der Waals surface area contributed by atoms with Crippen LogP contribution in [-0.4, -0.2) is 3.97 Å². The number of benzene rings is 1. The van der Waals surface area contributed by atoms with Crippen molar-refractivity contribution >= 4 is 39.2 Å². The summed E-state index contributed by atoms with van der Waals surface area (Å²) in [5.41, 5.74) is 0.886. The van der Waals surface area contributed by atoms with E-state index in [2.05, 4.69) is 15.9 Å². The van der Waals surface area contributed by atoms with Crippen LogP contribution in [0.3, 0.4) is 0 Å². The van der Waals surface area contributed by atoms with Crippen LogP contribution in [0.4, 0.5) is 3.89 Å². The molecule has 1 nitrogen and oxygen atoms in total. The number of rotatable bonds is 1.